The van der Waals surface area contributed by atoms with Crippen molar-refractivity contribution in [2.75, 3.05) is 50.9 Å². The molecule has 6 unspecified atom stereocenters. The Morgan fingerprint density at radius 1 is 0.369 bits per heavy atom. The van der Waals surface area contributed by atoms with Crippen LogP contribution in [0.4, 0.5) is 0 Å². The number of carbonyl (C=O) groups excluding carboxylic acids is 8. The predicted molar refractivity (Wildman–Crippen MR) is 314 cm³/mol. The molecule has 0 spiro atoms. The van der Waals surface area contributed by atoms with Crippen molar-refractivity contribution in [2.45, 2.75) is 206 Å². The number of rotatable bonds is 46. The van der Waals surface area contributed by atoms with Crippen molar-refractivity contribution in [1.82, 2.24) is 10.6 Å². The molecule has 0 heterocycles. The number of nitrogens with one attached hydrogen (secondary N) is 2. The van der Waals surface area contributed by atoms with Gasteiger partial charge in [-0.1, -0.05) is 19.3 Å². The summed E-state index contributed by atoms with van der Waals surface area (Å²) in [6, 6.07) is -4.86. The first-order valence-electron chi connectivity index (χ1n) is 27.5. The van der Waals surface area contributed by atoms with Crippen LogP contribution in [0.1, 0.15) is 170 Å². The van der Waals surface area contributed by atoms with Crippen molar-refractivity contribution >= 4 is 93.8 Å². The first kappa shape index (κ1) is 89.4. The van der Waals surface area contributed by atoms with Gasteiger partial charge in [0.05, 0.1) is 31.7 Å². The monoisotopic (exact) mass is 1230 g/mol. The first-order chi connectivity index (χ1) is 39.0. The molecule has 84 heavy (non-hydrogen) atoms. The molecule has 0 aromatic carbocycles. The van der Waals surface area contributed by atoms with Crippen molar-refractivity contribution in [1.29, 1.82) is 0 Å². The zero-order valence-electron chi connectivity index (χ0n) is 49.9. The Bertz CT molecular complexity index is 1850. The molecule has 0 aliphatic carbocycles. The van der Waals surface area contributed by atoms with Gasteiger partial charge in [-0.15, -0.1) is 0 Å². The van der Waals surface area contributed by atoms with Crippen LogP contribution in [0.3, 0.4) is 0 Å². The zero-order chi connectivity index (χ0) is 66.2. The molecule has 0 radical (unpaired) electrons. The molecule has 6 atom stereocenters. The van der Waals surface area contributed by atoms with Crippen LogP contribution in [0.25, 0.3) is 0 Å². The number of ether oxygens (including phenoxy) is 1. The van der Waals surface area contributed by atoms with Crippen molar-refractivity contribution in [3.05, 3.63) is 0 Å². The molecular formula is C54H100N8O21S. The van der Waals surface area contributed by atoms with E-state index in [1.165, 1.54) is 34.6 Å². The molecule has 0 aliphatic heterocycles. The van der Waals surface area contributed by atoms with Crippen LogP contribution < -0.4 is 45.0 Å². The average Bonchev–Trinajstić information content (AvgIpc) is 3.37. The molecule has 29 nitrogen and oxygen atoms in total. The summed E-state index contributed by atoms with van der Waals surface area (Å²) in [6.07, 6.45) is 9.97. The second-order valence-corrected chi connectivity index (χ2v) is 20.6. The normalized spacial score (nSPS) is 12.3. The van der Waals surface area contributed by atoms with Crippen LogP contribution in [0, 0.1) is 0 Å². The third-order valence-electron chi connectivity index (χ3n) is 10.4. The largest absolute Gasteiger partial charge is 0.480 e. The van der Waals surface area contributed by atoms with Gasteiger partial charge in [-0.2, -0.15) is 11.8 Å². The van der Waals surface area contributed by atoms with Gasteiger partial charge in [-0.25, -0.2) is 0 Å². The van der Waals surface area contributed by atoms with Gasteiger partial charge < -0.3 is 80.4 Å². The number of hydrogen-bond donors (Lipinski definition) is 14. The van der Waals surface area contributed by atoms with E-state index in [9.17, 15) is 67.1 Å². The maximum atomic E-state index is 11.1. The van der Waals surface area contributed by atoms with E-state index in [-0.39, 0.29) is 78.6 Å². The Balaban J connectivity index is -0.000000217. The van der Waals surface area contributed by atoms with Gasteiger partial charge in [0.1, 0.15) is 83.3 Å². The molecule has 30 heteroatoms. The van der Waals surface area contributed by atoms with Gasteiger partial charge in [-0.05, 0) is 144 Å². The number of nitrogens with two attached hydrogens (primary N) is 6. The molecule has 0 rings (SSSR count). The fourth-order valence-corrected chi connectivity index (χ4v) is 6.68. The molecule has 0 aromatic rings. The minimum absolute atomic E-state index is 0.00719. The fourth-order valence-electron chi connectivity index (χ4n) is 5.84. The lowest BCUT2D eigenvalue weighted by atomic mass is 10.1. The van der Waals surface area contributed by atoms with Crippen molar-refractivity contribution < 1.29 is 102 Å². The van der Waals surface area contributed by atoms with Gasteiger partial charge in [0.2, 0.25) is 0 Å². The molecule has 0 saturated heterocycles. The Morgan fingerprint density at radius 3 is 1.01 bits per heavy atom. The van der Waals surface area contributed by atoms with E-state index in [1.54, 1.807) is 18.7 Å². The molecule has 0 aliphatic rings. The third-order valence-corrected chi connectivity index (χ3v) is 11.6. The maximum Gasteiger partial charge on any atom is 0.320 e. The minimum atomic E-state index is -1.07. The van der Waals surface area contributed by atoms with E-state index in [4.69, 9.17) is 69.8 Å². The van der Waals surface area contributed by atoms with Crippen LogP contribution >= 0.6 is 11.8 Å². The summed E-state index contributed by atoms with van der Waals surface area (Å²) in [5, 5.41) is 56.6. The Morgan fingerprint density at radius 2 is 0.679 bits per heavy atom. The van der Waals surface area contributed by atoms with Gasteiger partial charge >= 0.3 is 35.8 Å². The molecular weight excluding hydrogens is 1130 g/mol. The van der Waals surface area contributed by atoms with E-state index >= 15 is 0 Å². The summed E-state index contributed by atoms with van der Waals surface area (Å²) in [7, 11) is 0. The number of thioether (sulfide) groups is 1. The predicted octanol–water partition coefficient (Wildman–Crippen LogP) is 0.793. The third kappa shape index (κ3) is 78.2. The van der Waals surface area contributed by atoms with Gasteiger partial charge in [-0.3, -0.25) is 67.1 Å². The minimum Gasteiger partial charge on any atom is -0.480 e. The number of carboxylic acid groups (broad SMARTS) is 6. The highest BCUT2D eigenvalue weighted by atomic mass is 32.2. The number of unbranched alkanes of at least 4 members (excludes halogenated alkanes) is 4. The highest BCUT2D eigenvalue weighted by molar-refractivity contribution is 7.99. The van der Waals surface area contributed by atoms with E-state index in [2.05, 4.69) is 10.6 Å². The molecule has 0 bridgehead atoms. The Hall–Kier alpha value is -5.83. The van der Waals surface area contributed by atoms with Crippen molar-refractivity contribution in [2.24, 2.45) is 34.4 Å². The number of aliphatic carboxylic acids is 6. The standard InChI is InChI=1S/C10H17NO4.C9H18N2O3.C9H15NO4.C9H17NO4.C9H17NO3S.C8H16N2O3/c1-7(12)6-8(13)4-2-3-5-9(11)10(14)15;1-7(12)6-11-5-3-2-4-8(10)9(13)14;1-6(11)5-7(12)3-2-4-8(10)9(13)14;2*1-7(11)6-14-5-3-2-4-8(10)9(12)13;1-6(11)5-10-4-2-3-7(9)8(12)13/h9H,2-6,11H2,1H3,(H,14,15);8,11H,2-6,10H2,1H3,(H,13,14);8H,2-5,10H2,1H3,(H,13,14);2*8H,2-6,10H2,1H3,(H,12,13);7,10H,2-5,9H2,1H3,(H,12,13). The lowest BCUT2D eigenvalue weighted by molar-refractivity contribution is -0.139. The Labute approximate surface area is 497 Å². The number of hydrogen-bond acceptors (Lipinski definition) is 24. The molecule has 0 amide bonds. The number of carboxylic acids is 6. The Kier molecular flexibility index (Phi) is 64.2. The second-order valence-electron chi connectivity index (χ2n) is 19.5. The molecule has 20 N–H and O–H groups in total. The van der Waals surface area contributed by atoms with Crippen LogP contribution in [0.15, 0.2) is 0 Å². The van der Waals surface area contributed by atoms with E-state index < -0.39 is 72.1 Å². The highest BCUT2D eigenvalue weighted by Crippen LogP contribution is 2.08. The van der Waals surface area contributed by atoms with Crippen LogP contribution in [0.5, 0.6) is 0 Å². The van der Waals surface area contributed by atoms with E-state index in [0.717, 1.165) is 44.4 Å². The smallest absolute Gasteiger partial charge is 0.320 e. The van der Waals surface area contributed by atoms with Gasteiger partial charge in [0, 0.05) is 19.4 Å². The molecule has 488 valence electrons. The number of carbonyl (C=O) groups is 14. The van der Waals surface area contributed by atoms with Crippen LogP contribution in [-0.2, 0) is 71.9 Å². The first-order valence-corrected chi connectivity index (χ1v) is 28.6. The summed E-state index contributed by atoms with van der Waals surface area (Å²) >= 11 is 1.58. The topological polar surface area (TPSA) is 550 Å². The summed E-state index contributed by atoms with van der Waals surface area (Å²) in [4.78, 5) is 147. The average molecular weight is 1230 g/mol. The van der Waals surface area contributed by atoms with Crippen molar-refractivity contribution in [3.63, 3.8) is 0 Å². The maximum absolute atomic E-state index is 11.1. The summed E-state index contributed by atoms with van der Waals surface area (Å²) in [6.45, 7) is 11.4. The van der Waals surface area contributed by atoms with Crippen LogP contribution in [-0.4, -0.2) is 200 Å². The second kappa shape index (κ2) is 60.3. The summed E-state index contributed by atoms with van der Waals surface area (Å²) in [5.74, 6) is -4.71. The number of Topliss-reactive ketones (excluding diaryl/α,β-unsaturated/α-hetero) is 8. The highest BCUT2D eigenvalue weighted by Gasteiger charge is 2.15. The van der Waals surface area contributed by atoms with Crippen molar-refractivity contribution in [3.8, 4) is 0 Å². The molecule has 0 aromatic heterocycles. The lowest BCUT2D eigenvalue weighted by Gasteiger charge is -2.05. The lowest BCUT2D eigenvalue weighted by Crippen LogP contribution is -2.31. The van der Waals surface area contributed by atoms with Crippen LogP contribution in [0.2, 0.25) is 0 Å². The van der Waals surface area contributed by atoms with E-state index in [0.29, 0.717) is 103 Å². The quantitative estimate of drug-likeness (QED) is 0.0296. The number of ketones is 8. The summed E-state index contributed by atoms with van der Waals surface area (Å²) in [5.41, 5.74) is 31.7. The fraction of sp³-hybridized carbons (Fsp3) is 0.741. The van der Waals surface area contributed by atoms with Gasteiger partial charge in [0.25, 0.3) is 0 Å². The SMILES string of the molecule is CC(=O)CC(=O)CCCC(N)C(=O)O.CC(=O)CC(=O)CCCCC(N)C(=O)O.CC(=O)CNCCCC(N)C(=O)O.CC(=O)CNCCCCC(N)C(=O)O.CC(=O)COCCCCC(N)C(=O)O.CC(=O)CSCCCCC(N)C(=O)O. The molecule has 0 fully saturated rings. The van der Waals surface area contributed by atoms with E-state index in [1.807, 2.05) is 0 Å². The summed E-state index contributed by atoms with van der Waals surface area (Å²) < 4.78 is 5.00. The zero-order valence-corrected chi connectivity index (χ0v) is 50.8. The van der Waals surface area contributed by atoms with Gasteiger partial charge in [0.15, 0.2) is 5.78 Å². The molecule has 0 saturated carbocycles.